The summed E-state index contributed by atoms with van der Waals surface area (Å²) in [6, 6.07) is 8.32. The maximum Gasteiger partial charge on any atom is 0.123 e. The van der Waals surface area contributed by atoms with E-state index in [0.29, 0.717) is 6.04 Å². The third-order valence-corrected chi connectivity index (χ3v) is 3.65. The summed E-state index contributed by atoms with van der Waals surface area (Å²) in [5, 5.41) is 3.39. The number of hydrogen-bond donors (Lipinski definition) is 1. The summed E-state index contributed by atoms with van der Waals surface area (Å²) < 4.78 is 11.4. The van der Waals surface area contributed by atoms with Gasteiger partial charge in [0.25, 0.3) is 0 Å². The molecule has 2 unspecified atom stereocenters. The van der Waals surface area contributed by atoms with Gasteiger partial charge in [-0.25, -0.2) is 0 Å². The zero-order valence-corrected chi connectivity index (χ0v) is 11.3. The lowest BCUT2D eigenvalue weighted by atomic mass is 10.1. The van der Waals surface area contributed by atoms with Gasteiger partial charge < -0.3 is 14.8 Å². The van der Waals surface area contributed by atoms with Crippen LogP contribution < -0.4 is 14.8 Å². The van der Waals surface area contributed by atoms with Gasteiger partial charge in [0, 0.05) is 12.1 Å². The number of ether oxygens (including phenoxy) is 2. The highest BCUT2D eigenvalue weighted by Crippen LogP contribution is 2.25. The third-order valence-electron chi connectivity index (χ3n) is 3.65. The third kappa shape index (κ3) is 3.39. The number of likely N-dealkylation sites (N-methyl/N-ethyl adjacent to an activating group) is 1. The fourth-order valence-electron chi connectivity index (χ4n) is 2.59. The number of benzene rings is 1. The molecule has 18 heavy (non-hydrogen) atoms. The van der Waals surface area contributed by atoms with Crippen molar-refractivity contribution in [2.75, 3.05) is 14.2 Å². The van der Waals surface area contributed by atoms with Crippen LogP contribution in [0.4, 0.5) is 0 Å². The summed E-state index contributed by atoms with van der Waals surface area (Å²) in [5.41, 5.74) is 0. The molecule has 0 saturated heterocycles. The monoisotopic (exact) mass is 249 g/mol. The number of methoxy groups -OCH3 is 1. The normalized spacial score (nSPS) is 24.3. The van der Waals surface area contributed by atoms with E-state index in [1.807, 2.05) is 31.3 Å². The maximum atomic E-state index is 6.14. The van der Waals surface area contributed by atoms with E-state index in [2.05, 4.69) is 5.32 Å². The van der Waals surface area contributed by atoms with E-state index >= 15 is 0 Å². The zero-order valence-electron chi connectivity index (χ0n) is 11.3. The summed E-state index contributed by atoms with van der Waals surface area (Å²) >= 11 is 0. The topological polar surface area (TPSA) is 30.5 Å². The lowest BCUT2D eigenvalue weighted by Gasteiger charge is -2.25. The molecule has 3 heteroatoms. The van der Waals surface area contributed by atoms with E-state index in [9.17, 15) is 0 Å². The van der Waals surface area contributed by atoms with E-state index in [-0.39, 0.29) is 6.10 Å². The van der Waals surface area contributed by atoms with Crippen LogP contribution in [0, 0.1) is 0 Å². The maximum absolute atomic E-state index is 6.14. The van der Waals surface area contributed by atoms with Crippen molar-refractivity contribution in [3.8, 4) is 11.5 Å². The SMILES string of the molecule is CNC1CCCCCC1Oc1cccc(OC)c1. The molecule has 0 radical (unpaired) electrons. The first kappa shape index (κ1) is 13.2. The molecule has 2 rings (SSSR count). The fraction of sp³-hybridized carbons (Fsp3) is 0.600. The molecule has 1 aliphatic rings. The molecule has 0 amide bonds. The highest BCUT2D eigenvalue weighted by atomic mass is 16.5. The molecular weight excluding hydrogens is 226 g/mol. The van der Waals surface area contributed by atoms with Gasteiger partial charge in [-0.3, -0.25) is 0 Å². The summed E-state index contributed by atoms with van der Waals surface area (Å²) in [4.78, 5) is 0. The van der Waals surface area contributed by atoms with E-state index < -0.39 is 0 Å². The lowest BCUT2D eigenvalue weighted by Crippen LogP contribution is -2.40. The Morgan fingerprint density at radius 3 is 2.67 bits per heavy atom. The molecule has 1 aromatic rings. The van der Waals surface area contributed by atoms with Gasteiger partial charge in [0.05, 0.1) is 7.11 Å². The predicted octanol–water partition coefficient (Wildman–Crippen LogP) is 2.99. The van der Waals surface area contributed by atoms with Crippen LogP contribution in [0.5, 0.6) is 11.5 Å². The molecule has 1 aromatic carbocycles. The first-order valence-corrected chi connectivity index (χ1v) is 6.81. The molecule has 100 valence electrons. The quantitative estimate of drug-likeness (QED) is 0.832. The van der Waals surface area contributed by atoms with Crippen LogP contribution in [0.25, 0.3) is 0 Å². The van der Waals surface area contributed by atoms with E-state index in [1.165, 1.54) is 25.7 Å². The van der Waals surface area contributed by atoms with Gasteiger partial charge in [-0.2, -0.15) is 0 Å². The Balaban J connectivity index is 2.05. The second kappa shape index (κ2) is 6.64. The standard InChI is InChI=1S/C15H23NO2/c1-16-14-9-4-3-5-10-15(14)18-13-8-6-7-12(11-13)17-2/h6-8,11,14-16H,3-5,9-10H2,1-2H3. The van der Waals surface area contributed by atoms with Crippen molar-refractivity contribution < 1.29 is 9.47 Å². The molecule has 1 saturated carbocycles. The van der Waals surface area contributed by atoms with Crippen molar-refractivity contribution in [2.45, 2.75) is 44.2 Å². The fourth-order valence-corrected chi connectivity index (χ4v) is 2.59. The molecular formula is C15H23NO2. The number of nitrogens with one attached hydrogen (secondary N) is 1. The van der Waals surface area contributed by atoms with Crippen molar-refractivity contribution in [1.29, 1.82) is 0 Å². The van der Waals surface area contributed by atoms with Gasteiger partial charge >= 0.3 is 0 Å². The Labute approximate surface area is 109 Å². The van der Waals surface area contributed by atoms with E-state index in [0.717, 1.165) is 17.9 Å². The van der Waals surface area contributed by atoms with Crippen molar-refractivity contribution in [3.63, 3.8) is 0 Å². The minimum Gasteiger partial charge on any atom is -0.497 e. The Kier molecular flexibility index (Phi) is 4.88. The Hall–Kier alpha value is -1.22. The molecule has 0 heterocycles. The van der Waals surface area contributed by atoms with Crippen LogP contribution in [0.2, 0.25) is 0 Å². The van der Waals surface area contributed by atoms with Crippen LogP contribution in [0.3, 0.4) is 0 Å². The molecule has 1 aliphatic carbocycles. The van der Waals surface area contributed by atoms with Crippen molar-refractivity contribution >= 4 is 0 Å². The van der Waals surface area contributed by atoms with Gasteiger partial charge in [-0.1, -0.05) is 18.9 Å². The summed E-state index contributed by atoms with van der Waals surface area (Å²) in [6.07, 6.45) is 6.46. The highest BCUT2D eigenvalue weighted by molar-refractivity contribution is 5.33. The minimum absolute atomic E-state index is 0.268. The second-order valence-corrected chi connectivity index (χ2v) is 4.87. The Morgan fingerprint density at radius 1 is 1.11 bits per heavy atom. The molecule has 1 N–H and O–H groups in total. The van der Waals surface area contributed by atoms with Crippen molar-refractivity contribution in [3.05, 3.63) is 24.3 Å². The van der Waals surface area contributed by atoms with Crippen LogP contribution in [0.15, 0.2) is 24.3 Å². The van der Waals surface area contributed by atoms with Gasteiger partial charge in [0.2, 0.25) is 0 Å². The molecule has 0 aromatic heterocycles. The highest BCUT2D eigenvalue weighted by Gasteiger charge is 2.23. The minimum atomic E-state index is 0.268. The Morgan fingerprint density at radius 2 is 1.89 bits per heavy atom. The smallest absolute Gasteiger partial charge is 0.123 e. The van der Waals surface area contributed by atoms with Crippen LogP contribution in [-0.4, -0.2) is 26.3 Å². The molecule has 2 atom stereocenters. The molecule has 3 nitrogen and oxygen atoms in total. The molecule has 0 spiro atoms. The largest absolute Gasteiger partial charge is 0.497 e. The first-order valence-electron chi connectivity index (χ1n) is 6.81. The summed E-state index contributed by atoms with van der Waals surface area (Å²) in [5.74, 6) is 1.75. The van der Waals surface area contributed by atoms with Gasteiger partial charge in [-0.15, -0.1) is 0 Å². The van der Waals surface area contributed by atoms with Gasteiger partial charge in [0.15, 0.2) is 0 Å². The van der Waals surface area contributed by atoms with Crippen LogP contribution in [0.1, 0.15) is 32.1 Å². The average Bonchev–Trinajstić information content (AvgIpc) is 2.64. The number of rotatable bonds is 4. The summed E-state index contributed by atoms with van der Waals surface area (Å²) in [7, 11) is 3.71. The second-order valence-electron chi connectivity index (χ2n) is 4.87. The first-order chi connectivity index (χ1) is 8.83. The van der Waals surface area contributed by atoms with Gasteiger partial charge in [0.1, 0.15) is 17.6 Å². The van der Waals surface area contributed by atoms with Crippen molar-refractivity contribution in [1.82, 2.24) is 5.32 Å². The van der Waals surface area contributed by atoms with E-state index in [4.69, 9.17) is 9.47 Å². The zero-order chi connectivity index (χ0) is 12.8. The molecule has 0 aliphatic heterocycles. The van der Waals surface area contributed by atoms with Crippen molar-refractivity contribution in [2.24, 2.45) is 0 Å². The molecule has 0 bridgehead atoms. The predicted molar refractivity (Wildman–Crippen MR) is 73.3 cm³/mol. The Bertz CT molecular complexity index is 367. The average molecular weight is 249 g/mol. The van der Waals surface area contributed by atoms with Crippen LogP contribution in [-0.2, 0) is 0 Å². The lowest BCUT2D eigenvalue weighted by molar-refractivity contribution is 0.148. The summed E-state index contributed by atoms with van der Waals surface area (Å²) in [6.45, 7) is 0. The van der Waals surface area contributed by atoms with Gasteiger partial charge in [-0.05, 0) is 38.4 Å². The number of hydrogen-bond acceptors (Lipinski definition) is 3. The van der Waals surface area contributed by atoms with Crippen LogP contribution >= 0.6 is 0 Å². The molecule has 1 fully saturated rings. The van der Waals surface area contributed by atoms with E-state index in [1.54, 1.807) is 7.11 Å².